The van der Waals surface area contributed by atoms with E-state index in [9.17, 15) is 0 Å². The van der Waals surface area contributed by atoms with Gasteiger partial charge in [-0.1, -0.05) is 0 Å². The minimum Gasteiger partial charge on any atom is -0.488 e. The summed E-state index contributed by atoms with van der Waals surface area (Å²) in [6.07, 6.45) is 0. The Hall–Kier alpha value is 0.410. The van der Waals surface area contributed by atoms with E-state index in [1.165, 1.54) is 0 Å². The molecule has 0 bridgehead atoms. The van der Waals surface area contributed by atoms with Gasteiger partial charge in [-0.05, 0) is 66.0 Å². The lowest BCUT2D eigenvalue weighted by Crippen LogP contribution is -2.23. The first-order valence-electron chi connectivity index (χ1n) is 3.89. The van der Waals surface area contributed by atoms with Gasteiger partial charge in [-0.2, -0.15) is 0 Å². The molecule has 0 amide bonds. The van der Waals surface area contributed by atoms with E-state index in [4.69, 9.17) is 4.74 Å². The Morgan fingerprint density at radius 3 is 2.00 bits per heavy atom. The molecule has 0 N–H and O–H groups in total. The van der Waals surface area contributed by atoms with Crippen LogP contribution in [0, 0.1) is 7.40 Å². The SMILES string of the molecule is CC(C)(C)Oc1cc(I)nc(I)c1. The number of pyridine rings is 1. The summed E-state index contributed by atoms with van der Waals surface area (Å²) in [4.78, 5) is 4.26. The summed E-state index contributed by atoms with van der Waals surface area (Å²) in [7, 11) is 0. The topological polar surface area (TPSA) is 22.1 Å². The Morgan fingerprint density at radius 1 is 1.15 bits per heavy atom. The maximum atomic E-state index is 5.71. The van der Waals surface area contributed by atoms with Crippen LogP contribution in [0.1, 0.15) is 20.8 Å². The molecule has 72 valence electrons. The summed E-state index contributed by atoms with van der Waals surface area (Å²) in [5, 5.41) is 0. The molecule has 4 heteroatoms. The zero-order valence-corrected chi connectivity index (χ0v) is 12.1. The molecular weight excluding hydrogens is 392 g/mol. The minimum absolute atomic E-state index is 0.145. The minimum atomic E-state index is -0.145. The molecule has 1 aromatic rings. The zero-order valence-electron chi connectivity index (χ0n) is 7.77. The van der Waals surface area contributed by atoms with Crippen molar-refractivity contribution in [3.05, 3.63) is 19.5 Å². The van der Waals surface area contributed by atoms with Crippen LogP contribution >= 0.6 is 45.2 Å². The fraction of sp³-hybridized carbons (Fsp3) is 0.444. The zero-order chi connectivity index (χ0) is 10.1. The predicted octanol–water partition coefficient (Wildman–Crippen LogP) is 3.47. The van der Waals surface area contributed by atoms with Crippen LogP contribution in [-0.2, 0) is 0 Å². The number of halogens is 2. The van der Waals surface area contributed by atoms with Gasteiger partial charge in [0.05, 0.1) is 0 Å². The number of ether oxygens (including phenoxy) is 1. The van der Waals surface area contributed by atoms with E-state index in [1.54, 1.807) is 0 Å². The molecule has 0 atom stereocenters. The second-order valence-electron chi connectivity index (χ2n) is 3.66. The van der Waals surface area contributed by atoms with Gasteiger partial charge in [0.2, 0.25) is 0 Å². The molecule has 0 saturated carbocycles. The quantitative estimate of drug-likeness (QED) is 0.530. The van der Waals surface area contributed by atoms with Gasteiger partial charge < -0.3 is 4.74 Å². The maximum Gasteiger partial charge on any atom is 0.125 e. The Kier molecular flexibility index (Phi) is 3.79. The predicted molar refractivity (Wildman–Crippen MR) is 70.1 cm³/mol. The summed E-state index contributed by atoms with van der Waals surface area (Å²) in [6, 6.07) is 3.88. The average Bonchev–Trinajstić information content (AvgIpc) is 1.78. The second kappa shape index (κ2) is 4.29. The largest absolute Gasteiger partial charge is 0.488 e. The molecular formula is C9H11I2NO. The first kappa shape index (κ1) is 11.5. The Morgan fingerprint density at radius 2 is 1.62 bits per heavy atom. The molecule has 2 nitrogen and oxygen atoms in total. The van der Waals surface area contributed by atoms with Crippen LogP contribution in [0.3, 0.4) is 0 Å². The lowest BCUT2D eigenvalue weighted by atomic mass is 10.2. The molecule has 0 fully saturated rings. The highest BCUT2D eigenvalue weighted by atomic mass is 127. The Bertz CT molecular complexity index is 287. The van der Waals surface area contributed by atoms with Crippen molar-refractivity contribution in [1.82, 2.24) is 4.98 Å². The number of rotatable bonds is 1. The molecule has 1 heterocycles. The van der Waals surface area contributed by atoms with Crippen LogP contribution in [0.5, 0.6) is 5.75 Å². The van der Waals surface area contributed by atoms with Crippen molar-refractivity contribution in [3.8, 4) is 5.75 Å². The number of aromatic nitrogens is 1. The Balaban J connectivity index is 2.90. The van der Waals surface area contributed by atoms with Crippen molar-refractivity contribution in [3.63, 3.8) is 0 Å². The van der Waals surface area contributed by atoms with E-state index < -0.39 is 0 Å². The molecule has 0 aromatic carbocycles. The van der Waals surface area contributed by atoms with Crippen molar-refractivity contribution >= 4 is 45.2 Å². The summed E-state index contributed by atoms with van der Waals surface area (Å²) >= 11 is 4.37. The average molecular weight is 403 g/mol. The number of hydrogen-bond acceptors (Lipinski definition) is 2. The fourth-order valence-corrected chi connectivity index (χ4v) is 2.45. The molecule has 1 aromatic heterocycles. The first-order chi connectivity index (χ1) is 5.87. The van der Waals surface area contributed by atoms with Gasteiger partial charge in [0.1, 0.15) is 18.8 Å². The molecule has 0 aliphatic rings. The van der Waals surface area contributed by atoms with Gasteiger partial charge >= 0.3 is 0 Å². The van der Waals surface area contributed by atoms with Crippen LogP contribution in [0.15, 0.2) is 12.1 Å². The summed E-state index contributed by atoms with van der Waals surface area (Å²) in [5.74, 6) is 0.885. The van der Waals surface area contributed by atoms with E-state index >= 15 is 0 Å². The van der Waals surface area contributed by atoms with E-state index in [0.717, 1.165) is 13.2 Å². The maximum absolute atomic E-state index is 5.71. The summed E-state index contributed by atoms with van der Waals surface area (Å²) in [5.41, 5.74) is -0.145. The van der Waals surface area contributed by atoms with E-state index in [-0.39, 0.29) is 5.60 Å². The molecule has 1 rings (SSSR count). The van der Waals surface area contributed by atoms with Gasteiger partial charge in [0.25, 0.3) is 0 Å². The molecule has 0 saturated heterocycles. The fourth-order valence-electron chi connectivity index (χ4n) is 0.856. The van der Waals surface area contributed by atoms with Crippen molar-refractivity contribution in [2.75, 3.05) is 0 Å². The molecule has 0 radical (unpaired) electrons. The summed E-state index contributed by atoms with van der Waals surface area (Å²) < 4.78 is 7.64. The van der Waals surface area contributed by atoms with Gasteiger partial charge in [-0.25, -0.2) is 4.98 Å². The van der Waals surface area contributed by atoms with Gasteiger partial charge in [0, 0.05) is 12.1 Å². The van der Waals surface area contributed by atoms with Crippen LogP contribution < -0.4 is 4.74 Å². The first-order valence-corrected chi connectivity index (χ1v) is 6.05. The third kappa shape index (κ3) is 4.44. The highest BCUT2D eigenvalue weighted by molar-refractivity contribution is 14.1. The lowest BCUT2D eigenvalue weighted by molar-refractivity contribution is 0.130. The van der Waals surface area contributed by atoms with E-state index in [0.29, 0.717) is 0 Å². The van der Waals surface area contributed by atoms with Crippen LogP contribution in [0.4, 0.5) is 0 Å². The molecule has 0 spiro atoms. The van der Waals surface area contributed by atoms with E-state index in [1.807, 2.05) is 32.9 Å². The number of hydrogen-bond donors (Lipinski definition) is 0. The van der Waals surface area contributed by atoms with Crippen molar-refractivity contribution in [1.29, 1.82) is 0 Å². The highest BCUT2D eigenvalue weighted by Gasteiger charge is 2.12. The molecule has 13 heavy (non-hydrogen) atoms. The van der Waals surface area contributed by atoms with Crippen LogP contribution in [0.25, 0.3) is 0 Å². The van der Waals surface area contributed by atoms with Crippen molar-refractivity contribution in [2.24, 2.45) is 0 Å². The third-order valence-corrected chi connectivity index (χ3v) is 2.27. The monoisotopic (exact) mass is 403 g/mol. The standard InChI is InChI=1S/C9H11I2NO/c1-9(2,3)13-6-4-7(10)12-8(11)5-6/h4-5H,1-3H3. The third-order valence-electron chi connectivity index (χ3n) is 1.16. The van der Waals surface area contributed by atoms with Crippen molar-refractivity contribution < 1.29 is 4.74 Å². The van der Waals surface area contributed by atoms with Crippen LogP contribution in [-0.4, -0.2) is 10.6 Å². The molecule has 0 aliphatic carbocycles. The van der Waals surface area contributed by atoms with Gasteiger partial charge in [-0.15, -0.1) is 0 Å². The molecule has 0 aliphatic heterocycles. The van der Waals surface area contributed by atoms with Gasteiger partial charge in [0.15, 0.2) is 0 Å². The molecule has 0 unspecified atom stereocenters. The highest BCUT2D eigenvalue weighted by Crippen LogP contribution is 2.21. The number of nitrogens with zero attached hydrogens (tertiary/aromatic N) is 1. The second-order valence-corrected chi connectivity index (χ2v) is 5.87. The van der Waals surface area contributed by atoms with Crippen molar-refractivity contribution in [2.45, 2.75) is 26.4 Å². The Labute approximate surface area is 106 Å². The van der Waals surface area contributed by atoms with Gasteiger partial charge in [-0.3, -0.25) is 0 Å². The summed E-state index contributed by atoms with van der Waals surface area (Å²) in [6.45, 7) is 6.10. The normalized spacial score (nSPS) is 11.5. The smallest absolute Gasteiger partial charge is 0.125 e. The van der Waals surface area contributed by atoms with E-state index in [2.05, 4.69) is 50.2 Å². The van der Waals surface area contributed by atoms with Crippen LogP contribution in [0.2, 0.25) is 0 Å². The lowest BCUT2D eigenvalue weighted by Gasteiger charge is -2.21.